The van der Waals surface area contributed by atoms with Crippen LogP contribution in [0, 0.1) is 5.92 Å². The van der Waals surface area contributed by atoms with Gasteiger partial charge >= 0.3 is 5.97 Å². The van der Waals surface area contributed by atoms with Crippen molar-refractivity contribution in [2.75, 3.05) is 6.61 Å². The van der Waals surface area contributed by atoms with E-state index >= 15 is 0 Å². The maximum Gasteiger partial charge on any atom is 0.335 e. The van der Waals surface area contributed by atoms with Crippen molar-refractivity contribution >= 4 is 17.3 Å². The third kappa shape index (κ3) is 4.44. The van der Waals surface area contributed by atoms with Crippen LogP contribution in [0.3, 0.4) is 0 Å². The molecule has 2 aliphatic rings. The summed E-state index contributed by atoms with van der Waals surface area (Å²) < 4.78 is 6.32. The zero-order valence-electron chi connectivity index (χ0n) is 18.5. The van der Waals surface area contributed by atoms with Crippen molar-refractivity contribution in [1.82, 2.24) is 4.98 Å². The van der Waals surface area contributed by atoms with Crippen LogP contribution in [0.5, 0.6) is 5.75 Å². The Labute approximate surface area is 193 Å². The molecule has 32 heavy (non-hydrogen) atoms. The number of carbonyl (C=O) groups is 1. The molecule has 5 rings (SSSR count). The second-order valence-corrected chi connectivity index (χ2v) is 10.5. The minimum absolute atomic E-state index is 0.160. The van der Waals surface area contributed by atoms with E-state index in [1.807, 2.05) is 18.3 Å². The van der Waals surface area contributed by atoms with Gasteiger partial charge in [-0.25, -0.2) is 9.78 Å². The molecule has 0 spiro atoms. The highest BCUT2D eigenvalue weighted by Crippen LogP contribution is 2.45. The molecule has 1 aromatic heterocycles. The van der Waals surface area contributed by atoms with E-state index in [4.69, 9.17) is 9.84 Å². The topological polar surface area (TPSA) is 59.4 Å². The molecule has 2 fully saturated rings. The van der Waals surface area contributed by atoms with Crippen LogP contribution in [0.2, 0.25) is 0 Å². The molecular formula is C27H29NO3S. The molecule has 5 heteroatoms. The van der Waals surface area contributed by atoms with Gasteiger partial charge in [-0.15, -0.1) is 11.3 Å². The number of aromatic carboxylic acids is 1. The van der Waals surface area contributed by atoms with Crippen molar-refractivity contribution in [2.45, 2.75) is 57.3 Å². The summed E-state index contributed by atoms with van der Waals surface area (Å²) in [6.07, 6.45) is 10.8. The normalized spacial score (nSPS) is 17.8. The van der Waals surface area contributed by atoms with Gasteiger partial charge in [0.25, 0.3) is 0 Å². The second kappa shape index (κ2) is 8.70. The zero-order chi connectivity index (χ0) is 22.1. The summed E-state index contributed by atoms with van der Waals surface area (Å²) in [6.45, 7) is 3.23. The number of thiazole rings is 1. The van der Waals surface area contributed by atoms with Crippen LogP contribution in [0.25, 0.3) is 21.0 Å². The predicted octanol–water partition coefficient (Wildman–Crippen LogP) is 7.19. The van der Waals surface area contributed by atoms with Crippen molar-refractivity contribution in [1.29, 1.82) is 0 Å². The minimum atomic E-state index is -0.913. The van der Waals surface area contributed by atoms with Crippen LogP contribution >= 0.6 is 11.3 Å². The maximum absolute atomic E-state index is 11.1. The number of ether oxygens (including phenoxy) is 1. The maximum atomic E-state index is 11.1. The Morgan fingerprint density at radius 2 is 1.81 bits per heavy atom. The van der Waals surface area contributed by atoms with Crippen LogP contribution in [0.4, 0.5) is 0 Å². The van der Waals surface area contributed by atoms with Crippen LogP contribution in [-0.4, -0.2) is 22.7 Å². The third-order valence-corrected chi connectivity index (χ3v) is 8.02. The average molecular weight is 448 g/mol. The molecule has 1 heterocycles. The monoisotopic (exact) mass is 447 g/mol. The summed E-state index contributed by atoms with van der Waals surface area (Å²) in [5.41, 5.74) is 3.91. The van der Waals surface area contributed by atoms with Crippen LogP contribution in [0.15, 0.2) is 48.7 Å². The van der Waals surface area contributed by atoms with E-state index in [2.05, 4.69) is 30.1 Å². The number of nitrogens with zero attached hydrogens (tertiary/aromatic N) is 1. The van der Waals surface area contributed by atoms with Gasteiger partial charge in [0.2, 0.25) is 0 Å². The van der Waals surface area contributed by atoms with Gasteiger partial charge in [0.1, 0.15) is 10.8 Å². The number of aromatic nitrogens is 1. The molecule has 0 bridgehead atoms. The molecule has 0 atom stereocenters. The molecule has 166 valence electrons. The molecule has 4 nitrogen and oxygen atoms in total. The van der Waals surface area contributed by atoms with E-state index in [1.54, 1.807) is 23.5 Å². The Kier molecular flexibility index (Phi) is 5.76. The fourth-order valence-corrected chi connectivity index (χ4v) is 5.59. The summed E-state index contributed by atoms with van der Waals surface area (Å²) in [6, 6.07) is 13.6. The summed E-state index contributed by atoms with van der Waals surface area (Å²) in [5.74, 6) is 0.876. The SMILES string of the molecule is CC1(c2cc(-c3cnc(-c4ccc(C(=O)O)cc4)s3)ccc2OCC2CC2)CCCCC1. The Balaban J connectivity index is 1.45. The van der Waals surface area contributed by atoms with Gasteiger partial charge in [0.15, 0.2) is 0 Å². The number of carboxylic acid groups (broad SMARTS) is 1. The Morgan fingerprint density at radius 3 is 2.50 bits per heavy atom. The van der Waals surface area contributed by atoms with Crippen molar-refractivity contribution < 1.29 is 14.6 Å². The fraction of sp³-hybridized carbons (Fsp3) is 0.407. The Hall–Kier alpha value is -2.66. The van der Waals surface area contributed by atoms with E-state index < -0.39 is 5.97 Å². The van der Waals surface area contributed by atoms with E-state index in [0.717, 1.165) is 33.7 Å². The highest BCUT2D eigenvalue weighted by atomic mass is 32.1. The Morgan fingerprint density at radius 1 is 1.09 bits per heavy atom. The van der Waals surface area contributed by atoms with Gasteiger partial charge < -0.3 is 9.84 Å². The molecule has 2 aromatic carbocycles. The average Bonchev–Trinajstić information content (AvgIpc) is 3.51. The molecule has 0 amide bonds. The lowest BCUT2D eigenvalue weighted by Crippen LogP contribution is -2.26. The van der Waals surface area contributed by atoms with Crippen LogP contribution < -0.4 is 4.74 Å². The van der Waals surface area contributed by atoms with Crippen molar-refractivity contribution in [2.24, 2.45) is 5.92 Å². The molecule has 2 aliphatic carbocycles. The van der Waals surface area contributed by atoms with E-state index in [9.17, 15) is 4.79 Å². The number of carboxylic acids is 1. The van der Waals surface area contributed by atoms with E-state index in [-0.39, 0.29) is 11.0 Å². The molecule has 0 unspecified atom stereocenters. The highest BCUT2D eigenvalue weighted by Gasteiger charge is 2.32. The smallest absolute Gasteiger partial charge is 0.335 e. The lowest BCUT2D eigenvalue weighted by atomic mass is 9.70. The Bertz CT molecular complexity index is 1110. The second-order valence-electron chi connectivity index (χ2n) is 9.50. The first-order valence-corrected chi connectivity index (χ1v) is 12.4. The van der Waals surface area contributed by atoms with Crippen LogP contribution in [0.1, 0.15) is 67.8 Å². The molecule has 0 saturated heterocycles. The number of hydrogen-bond donors (Lipinski definition) is 1. The standard InChI is InChI=1S/C27H29NO3S/c1-27(13-3-2-4-14-27)22-15-21(11-12-23(22)31-17-18-5-6-18)24-16-28-25(32-24)19-7-9-20(10-8-19)26(29)30/h7-12,15-16,18H,2-6,13-14,17H2,1H3,(H,29,30). The van der Waals surface area contributed by atoms with Gasteiger partial charge in [0.05, 0.1) is 17.0 Å². The number of benzene rings is 2. The van der Waals surface area contributed by atoms with Gasteiger partial charge in [-0.2, -0.15) is 0 Å². The molecule has 0 aliphatic heterocycles. The summed E-state index contributed by atoms with van der Waals surface area (Å²) in [4.78, 5) is 16.9. The first-order valence-electron chi connectivity index (χ1n) is 11.6. The third-order valence-electron chi connectivity index (χ3n) is 6.93. The lowest BCUT2D eigenvalue weighted by molar-refractivity contribution is 0.0697. The summed E-state index contributed by atoms with van der Waals surface area (Å²) >= 11 is 1.64. The number of hydrogen-bond acceptors (Lipinski definition) is 4. The van der Waals surface area contributed by atoms with Crippen molar-refractivity contribution in [3.8, 4) is 26.8 Å². The minimum Gasteiger partial charge on any atom is -0.493 e. The molecule has 3 aromatic rings. The van der Waals surface area contributed by atoms with E-state index in [1.165, 1.54) is 56.1 Å². The van der Waals surface area contributed by atoms with Crippen molar-refractivity contribution in [3.05, 3.63) is 59.8 Å². The van der Waals surface area contributed by atoms with Crippen LogP contribution in [-0.2, 0) is 5.41 Å². The highest BCUT2D eigenvalue weighted by molar-refractivity contribution is 7.18. The fourth-order valence-electron chi connectivity index (χ4n) is 4.67. The van der Waals surface area contributed by atoms with E-state index in [0.29, 0.717) is 0 Å². The van der Waals surface area contributed by atoms with Gasteiger partial charge in [-0.1, -0.05) is 38.3 Å². The quantitative estimate of drug-likeness (QED) is 0.416. The first-order chi connectivity index (χ1) is 15.5. The van der Waals surface area contributed by atoms with Gasteiger partial charge in [-0.05, 0) is 72.9 Å². The van der Waals surface area contributed by atoms with Crippen molar-refractivity contribution in [3.63, 3.8) is 0 Å². The molecule has 1 N–H and O–H groups in total. The van der Waals surface area contributed by atoms with Gasteiger partial charge in [-0.3, -0.25) is 0 Å². The molecule has 0 radical (unpaired) electrons. The lowest BCUT2D eigenvalue weighted by Gasteiger charge is -2.35. The summed E-state index contributed by atoms with van der Waals surface area (Å²) in [7, 11) is 0. The predicted molar refractivity (Wildman–Crippen MR) is 129 cm³/mol. The zero-order valence-corrected chi connectivity index (χ0v) is 19.3. The van der Waals surface area contributed by atoms with Gasteiger partial charge in [0, 0.05) is 17.3 Å². The molecule has 2 saturated carbocycles. The largest absolute Gasteiger partial charge is 0.493 e. The molecular weight excluding hydrogens is 418 g/mol. The number of rotatable bonds is 7. The summed E-state index contributed by atoms with van der Waals surface area (Å²) in [5, 5.41) is 10.0. The first kappa shape index (κ1) is 21.2.